The molecule has 1 aliphatic heterocycles. The zero-order valence-electron chi connectivity index (χ0n) is 6.24. The van der Waals surface area contributed by atoms with Crippen molar-refractivity contribution < 1.29 is 30.3 Å². The molecule has 1 heterocycles. The van der Waals surface area contributed by atoms with Crippen molar-refractivity contribution in [3.8, 4) is 0 Å². The Morgan fingerprint density at radius 1 is 0.917 bits per heavy atom. The standard InChI is InChI=1S/C6H12O6/c7-1-2-3(8)4(9)5(10)6(11)12-2/h2-11H,1H2/t2?,3-,4+,5?,6+/m0/s1. The molecule has 1 rings (SSSR count). The molecule has 5 atom stereocenters. The first-order valence-corrected chi connectivity index (χ1v) is 3.56. The van der Waals surface area contributed by atoms with Gasteiger partial charge >= 0.3 is 0 Å². The Morgan fingerprint density at radius 2 is 1.50 bits per heavy atom. The van der Waals surface area contributed by atoms with Gasteiger partial charge in [0.1, 0.15) is 24.4 Å². The summed E-state index contributed by atoms with van der Waals surface area (Å²) in [6.45, 7) is -0.526. The van der Waals surface area contributed by atoms with Gasteiger partial charge in [0.15, 0.2) is 6.29 Å². The van der Waals surface area contributed by atoms with Gasteiger partial charge in [0.2, 0.25) is 0 Å². The summed E-state index contributed by atoms with van der Waals surface area (Å²) in [5.41, 5.74) is 0. The van der Waals surface area contributed by atoms with Gasteiger partial charge in [0, 0.05) is 0 Å². The molecular formula is C6H12O6. The van der Waals surface area contributed by atoms with E-state index in [1.165, 1.54) is 0 Å². The Labute approximate surface area is 68.6 Å². The minimum Gasteiger partial charge on any atom is -0.394 e. The lowest BCUT2D eigenvalue weighted by Gasteiger charge is -2.37. The average Bonchev–Trinajstić information content (AvgIpc) is 2.08. The molecule has 0 spiro atoms. The third kappa shape index (κ3) is 1.58. The van der Waals surface area contributed by atoms with Crippen molar-refractivity contribution >= 4 is 0 Å². The zero-order valence-corrected chi connectivity index (χ0v) is 6.24. The van der Waals surface area contributed by atoms with E-state index in [-0.39, 0.29) is 0 Å². The van der Waals surface area contributed by atoms with Crippen LogP contribution in [-0.2, 0) is 4.74 Å². The maximum Gasteiger partial charge on any atom is 0.184 e. The molecule has 0 aromatic rings. The molecular weight excluding hydrogens is 168 g/mol. The van der Waals surface area contributed by atoms with Gasteiger partial charge in [-0.25, -0.2) is 0 Å². The Balaban J connectivity index is 2.63. The van der Waals surface area contributed by atoms with Gasteiger partial charge < -0.3 is 30.3 Å². The van der Waals surface area contributed by atoms with Crippen LogP contribution >= 0.6 is 0 Å². The van der Waals surface area contributed by atoms with Crippen LogP contribution in [0.4, 0.5) is 0 Å². The zero-order chi connectivity index (χ0) is 9.30. The van der Waals surface area contributed by atoms with E-state index >= 15 is 0 Å². The molecule has 2 unspecified atom stereocenters. The molecule has 0 radical (unpaired) electrons. The van der Waals surface area contributed by atoms with Gasteiger partial charge in [-0.2, -0.15) is 0 Å². The van der Waals surface area contributed by atoms with E-state index < -0.39 is 37.3 Å². The highest BCUT2D eigenvalue weighted by Gasteiger charge is 2.42. The van der Waals surface area contributed by atoms with Crippen LogP contribution in [0.3, 0.4) is 0 Å². The van der Waals surface area contributed by atoms with Gasteiger partial charge in [-0.15, -0.1) is 0 Å². The van der Waals surface area contributed by atoms with Crippen LogP contribution in [0.1, 0.15) is 0 Å². The van der Waals surface area contributed by atoms with Crippen molar-refractivity contribution in [2.45, 2.75) is 30.7 Å². The first kappa shape index (κ1) is 9.85. The molecule has 6 heteroatoms. The second kappa shape index (κ2) is 3.65. The van der Waals surface area contributed by atoms with Crippen molar-refractivity contribution in [3.05, 3.63) is 0 Å². The van der Waals surface area contributed by atoms with Crippen LogP contribution in [-0.4, -0.2) is 62.8 Å². The summed E-state index contributed by atoms with van der Waals surface area (Å²) in [5.74, 6) is 0. The monoisotopic (exact) mass is 180 g/mol. The minimum atomic E-state index is -1.57. The lowest BCUT2D eigenvalue weighted by atomic mass is 10.00. The number of ether oxygens (including phenoxy) is 1. The largest absolute Gasteiger partial charge is 0.394 e. The molecule has 1 aliphatic rings. The van der Waals surface area contributed by atoms with Crippen LogP contribution in [0.15, 0.2) is 0 Å². The SMILES string of the molecule is OCC1O[C@@H](O)C(O)[C@H](O)[C@H]1O. The van der Waals surface area contributed by atoms with Gasteiger partial charge in [-0.05, 0) is 0 Å². The molecule has 1 saturated heterocycles. The summed E-state index contributed by atoms with van der Waals surface area (Å²) in [7, 11) is 0. The predicted octanol–water partition coefficient (Wildman–Crippen LogP) is -3.22. The topological polar surface area (TPSA) is 110 Å². The fraction of sp³-hybridized carbons (Fsp3) is 1.00. The lowest BCUT2D eigenvalue weighted by molar-refractivity contribution is -0.286. The van der Waals surface area contributed by atoms with Crippen molar-refractivity contribution in [2.24, 2.45) is 0 Å². The molecule has 12 heavy (non-hydrogen) atoms. The van der Waals surface area contributed by atoms with E-state index in [9.17, 15) is 0 Å². The van der Waals surface area contributed by atoms with E-state index in [4.69, 9.17) is 25.5 Å². The van der Waals surface area contributed by atoms with Crippen LogP contribution in [0.2, 0.25) is 0 Å². The summed E-state index contributed by atoms with van der Waals surface area (Å²) in [6, 6.07) is 0. The minimum absolute atomic E-state index is 0.526. The Hall–Kier alpha value is -0.240. The average molecular weight is 180 g/mol. The normalized spacial score (nSPS) is 49.2. The first-order valence-electron chi connectivity index (χ1n) is 3.56. The van der Waals surface area contributed by atoms with Crippen LogP contribution in [0.25, 0.3) is 0 Å². The fourth-order valence-corrected chi connectivity index (χ4v) is 1.08. The molecule has 0 bridgehead atoms. The second-order valence-corrected chi connectivity index (χ2v) is 2.72. The quantitative estimate of drug-likeness (QED) is 0.290. The lowest BCUT2D eigenvalue weighted by Crippen LogP contribution is -2.58. The highest BCUT2D eigenvalue weighted by Crippen LogP contribution is 2.18. The van der Waals surface area contributed by atoms with Crippen molar-refractivity contribution in [2.75, 3.05) is 6.61 Å². The first-order chi connectivity index (χ1) is 5.57. The van der Waals surface area contributed by atoms with Gasteiger partial charge in [0.25, 0.3) is 0 Å². The summed E-state index contributed by atoms with van der Waals surface area (Å²) in [5, 5.41) is 44.7. The Bertz CT molecular complexity index is 146. The van der Waals surface area contributed by atoms with Crippen molar-refractivity contribution in [1.29, 1.82) is 0 Å². The summed E-state index contributed by atoms with van der Waals surface area (Å²) < 4.78 is 4.58. The number of aliphatic hydroxyl groups is 5. The van der Waals surface area contributed by atoms with E-state index in [2.05, 4.69) is 4.74 Å². The van der Waals surface area contributed by atoms with E-state index in [1.807, 2.05) is 0 Å². The summed E-state index contributed by atoms with van der Waals surface area (Å²) >= 11 is 0. The molecule has 0 saturated carbocycles. The summed E-state index contributed by atoms with van der Waals surface area (Å²) in [6.07, 6.45) is -7.04. The van der Waals surface area contributed by atoms with E-state index in [0.29, 0.717) is 0 Å². The van der Waals surface area contributed by atoms with Gasteiger partial charge in [-0.3, -0.25) is 0 Å². The highest BCUT2D eigenvalue weighted by atomic mass is 16.6. The maximum atomic E-state index is 9.12. The van der Waals surface area contributed by atoms with Gasteiger partial charge in [-0.1, -0.05) is 0 Å². The molecule has 72 valence electrons. The third-order valence-electron chi connectivity index (χ3n) is 1.87. The molecule has 5 N–H and O–H groups in total. The van der Waals surface area contributed by atoms with Gasteiger partial charge in [0.05, 0.1) is 6.61 Å². The highest BCUT2D eigenvalue weighted by molar-refractivity contribution is 4.87. The molecule has 1 fully saturated rings. The number of aliphatic hydroxyl groups excluding tert-OH is 5. The molecule has 0 amide bonds. The number of hydrogen-bond donors (Lipinski definition) is 5. The molecule has 6 nitrogen and oxygen atoms in total. The van der Waals surface area contributed by atoms with E-state index in [1.54, 1.807) is 0 Å². The third-order valence-corrected chi connectivity index (χ3v) is 1.87. The maximum absolute atomic E-state index is 9.12. The van der Waals surface area contributed by atoms with Crippen molar-refractivity contribution in [3.63, 3.8) is 0 Å². The second-order valence-electron chi connectivity index (χ2n) is 2.72. The fourth-order valence-electron chi connectivity index (χ4n) is 1.08. The Kier molecular flexibility index (Phi) is 2.99. The molecule has 0 aliphatic carbocycles. The van der Waals surface area contributed by atoms with Crippen LogP contribution in [0.5, 0.6) is 0 Å². The smallest absolute Gasteiger partial charge is 0.184 e. The van der Waals surface area contributed by atoms with Crippen LogP contribution < -0.4 is 0 Å². The van der Waals surface area contributed by atoms with E-state index in [0.717, 1.165) is 0 Å². The Morgan fingerprint density at radius 3 is 2.00 bits per heavy atom. The molecule has 0 aromatic carbocycles. The summed E-state index contributed by atoms with van der Waals surface area (Å²) in [4.78, 5) is 0. The number of hydrogen-bond acceptors (Lipinski definition) is 6. The van der Waals surface area contributed by atoms with Crippen molar-refractivity contribution in [1.82, 2.24) is 0 Å². The number of rotatable bonds is 1. The molecule has 0 aromatic heterocycles. The van der Waals surface area contributed by atoms with Crippen LogP contribution in [0, 0.1) is 0 Å². The predicted molar refractivity (Wildman–Crippen MR) is 36.0 cm³/mol.